The van der Waals surface area contributed by atoms with Gasteiger partial charge in [0.1, 0.15) is 12.2 Å². The third-order valence-corrected chi connectivity index (χ3v) is 4.37. The molecule has 0 spiro atoms. The maximum atomic E-state index is 11.7. The van der Waals surface area contributed by atoms with Gasteiger partial charge in [-0.2, -0.15) is 0 Å². The van der Waals surface area contributed by atoms with E-state index in [1.165, 1.54) is 0 Å². The lowest BCUT2D eigenvalue weighted by atomic mass is 9.88. The van der Waals surface area contributed by atoms with Crippen LogP contribution >= 0.6 is 0 Å². The SMILES string of the molecule is C=C(CC)C(=O)OC1C2CC3C(=O)OC1C3C2. The quantitative estimate of drug-likeness (QED) is 0.549. The Morgan fingerprint density at radius 1 is 1.53 bits per heavy atom. The summed E-state index contributed by atoms with van der Waals surface area (Å²) in [5.74, 6) is 0.199. The van der Waals surface area contributed by atoms with E-state index in [9.17, 15) is 9.59 Å². The minimum absolute atomic E-state index is 0.0642. The number of carbonyl (C=O) groups is 2. The molecule has 4 heteroatoms. The van der Waals surface area contributed by atoms with Gasteiger partial charge >= 0.3 is 11.9 Å². The number of ether oxygens (including phenoxy) is 2. The molecule has 2 aliphatic carbocycles. The van der Waals surface area contributed by atoms with Crippen molar-refractivity contribution in [2.75, 3.05) is 0 Å². The molecule has 0 radical (unpaired) electrons. The molecule has 0 N–H and O–H groups in total. The van der Waals surface area contributed by atoms with Crippen molar-refractivity contribution in [3.8, 4) is 0 Å². The topological polar surface area (TPSA) is 52.6 Å². The van der Waals surface area contributed by atoms with E-state index in [0.717, 1.165) is 12.8 Å². The van der Waals surface area contributed by atoms with Crippen LogP contribution in [0.15, 0.2) is 12.2 Å². The molecule has 1 saturated heterocycles. The van der Waals surface area contributed by atoms with Crippen LogP contribution in [0.4, 0.5) is 0 Å². The predicted molar refractivity (Wildman–Crippen MR) is 58.9 cm³/mol. The number of carbonyl (C=O) groups excluding carboxylic acids is 2. The highest BCUT2D eigenvalue weighted by atomic mass is 16.6. The highest BCUT2D eigenvalue weighted by Gasteiger charge is 2.63. The zero-order valence-electron chi connectivity index (χ0n) is 9.85. The van der Waals surface area contributed by atoms with Crippen LogP contribution in [0.3, 0.4) is 0 Å². The van der Waals surface area contributed by atoms with E-state index in [1.807, 2.05) is 6.92 Å². The van der Waals surface area contributed by atoms with Crippen LogP contribution in [0.1, 0.15) is 26.2 Å². The van der Waals surface area contributed by atoms with E-state index in [-0.39, 0.29) is 36.0 Å². The summed E-state index contributed by atoms with van der Waals surface area (Å²) in [6.07, 6.45) is 1.93. The number of rotatable bonds is 3. The van der Waals surface area contributed by atoms with Crippen LogP contribution in [0.2, 0.25) is 0 Å². The zero-order valence-corrected chi connectivity index (χ0v) is 9.85. The first-order valence-corrected chi connectivity index (χ1v) is 6.21. The smallest absolute Gasteiger partial charge is 0.333 e. The van der Waals surface area contributed by atoms with Crippen molar-refractivity contribution in [1.29, 1.82) is 0 Å². The third kappa shape index (κ3) is 1.43. The van der Waals surface area contributed by atoms with Crippen LogP contribution in [-0.2, 0) is 19.1 Å². The maximum absolute atomic E-state index is 11.7. The minimum Gasteiger partial charge on any atom is -0.458 e. The number of hydrogen-bond donors (Lipinski definition) is 0. The summed E-state index contributed by atoms with van der Waals surface area (Å²) in [4.78, 5) is 23.2. The molecular weight excluding hydrogens is 220 g/mol. The molecule has 3 fully saturated rings. The number of esters is 2. The largest absolute Gasteiger partial charge is 0.458 e. The number of fused-ring (bicyclic) bond motifs is 1. The molecular formula is C13H16O4. The second-order valence-electron chi connectivity index (χ2n) is 5.23. The molecule has 0 aromatic carbocycles. The zero-order chi connectivity index (χ0) is 12.2. The van der Waals surface area contributed by atoms with Gasteiger partial charge in [0.15, 0.2) is 0 Å². The Labute approximate surface area is 100.0 Å². The predicted octanol–water partition coefficient (Wildman–Crippen LogP) is 1.45. The van der Waals surface area contributed by atoms with Gasteiger partial charge in [0.25, 0.3) is 0 Å². The van der Waals surface area contributed by atoms with Crippen LogP contribution in [-0.4, -0.2) is 24.1 Å². The fourth-order valence-corrected chi connectivity index (χ4v) is 3.42. The molecule has 4 nitrogen and oxygen atoms in total. The van der Waals surface area contributed by atoms with Gasteiger partial charge in [-0.25, -0.2) is 4.79 Å². The second-order valence-corrected chi connectivity index (χ2v) is 5.23. The second kappa shape index (κ2) is 3.59. The lowest BCUT2D eigenvalue weighted by Crippen LogP contribution is -2.36. The Morgan fingerprint density at radius 2 is 2.29 bits per heavy atom. The number of hydrogen-bond acceptors (Lipinski definition) is 4. The van der Waals surface area contributed by atoms with E-state index < -0.39 is 0 Å². The monoisotopic (exact) mass is 236 g/mol. The van der Waals surface area contributed by atoms with E-state index in [4.69, 9.17) is 9.47 Å². The average Bonchev–Trinajstić information content (AvgIpc) is 2.92. The fraction of sp³-hybridized carbons (Fsp3) is 0.692. The van der Waals surface area contributed by atoms with Crippen molar-refractivity contribution in [3.05, 3.63) is 12.2 Å². The molecule has 5 atom stereocenters. The van der Waals surface area contributed by atoms with Crippen LogP contribution in [0.5, 0.6) is 0 Å². The molecule has 92 valence electrons. The van der Waals surface area contributed by atoms with Gasteiger partial charge in [-0.15, -0.1) is 0 Å². The first-order valence-electron chi connectivity index (χ1n) is 6.21. The molecule has 1 aliphatic heterocycles. The molecule has 0 amide bonds. The van der Waals surface area contributed by atoms with Crippen molar-refractivity contribution < 1.29 is 19.1 Å². The van der Waals surface area contributed by atoms with Crippen molar-refractivity contribution in [1.82, 2.24) is 0 Å². The molecule has 5 unspecified atom stereocenters. The summed E-state index contributed by atoms with van der Waals surface area (Å²) < 4.78 is 10.8. The van der Waals surface area contributed by atoms with Crippen molar-refractivity contribution in [2.45, 2.75) is 38.4 Å². The van der Waals surface area contributed by atoms with E-state index >= 15 is 0 Å². The van der Waals surface area contributed by atoms with Gasteiger partial charge in [-0.05, 0) is 19.3 Å². The molecule has 0 aromatic rings. The summed E-state index contributed by atoms with van der Waals surface area (Å²) in [5, 5.41) is 0. The van der Waals surface area contributed by atoms with Crippen LogP contribution < -0.4 is 0 Å². The highest BCUT2D eigenvalue weighted by Crippen LogP contribution is 2.55. The van der Waals surface area contributed by atoms with Crippen molar-refractivity contribution in [2.24, 2.45) is 17.8 Å². The summed E-state index contributed by atoms with van der Waals surface area (Å²) in [7, 11) is 0. The molecule has 2 saturated carbocycles. The maximum Gasteiger partial charge on any atom is 0.333 e. The fourth-order valence-electron chi connectivity index (χ4n) is 3.42. The van der Waals surface area contributed by atoms with Gasteiger partial charge in [-0.3, -0.25) is 4.79 Å². The summed E-state index contributed by atoms with van der Waals surface area (Å²) in [6, 6.07) is 0. The molecule has 3 rings (SSSR count). The lowest BCUT2D eigenvalue weighted by molar-refractivity contribution is -0.158. The molecule has 1 heterocycles. The Balaban J connectivity index is 1.72. The Morgan fingerprint density at radius 3 is 3.00 bits per heavy atom. The summed E-state index contributed by atoms with van der Waals surface area (Å²) >= 11 is 0. The van der Waals surface area contributed by atoms with Gasteiger partial charge in [0, 0.05) is 17.4 Å². The van der Waals surface area contributed by atoms with Gasteiger partial charge in [-0.1, -0.05) is 13.5 Å². The minimum atomic E-state index is -0.343. The van der Waals surface area contributed by atoms with Crippen molar-refractivity contribution >= 4 is 11.9 Å². The Kier molecular flexibility index (Phi) is 2.28. The summed E-state index contributed by atoms with van der Waals surface area (Å²) in [6.45, 7) is 5.54. The molecule has 2 bridgehead atoms. The normalized spacial score (nSPS) is 41.5. The van der Waals surface area contributed by atoms with E-state index in [0.29, 0.717) is 17.9 Å². The van der Waals surface area contributed by atoms with Crippen LogP contribution in [0, 0.1) is 17.8 Å². The van der Waals surface area contributed by atoms with E-state index in [1.54, 1.807) is 0 Å². The lowest BCUT2D eigenvalue weighted by Gasteiger charge is -2.25. The molecule has 3 aliphatic rings. The van der Waals surface area contributed by atoms with Gasteiger partial charge in [0.2, 0.25) is 0 Å². The van der Waals surface area contributed by atoms with Gasteiger partial charge in [0.05, 0.1) is 5.92 Å². The first kappa shape index (κ1) is 10.8. The standard InChI is InChI=1S/C13H16O4/c1-3-6(2)12(14)16-10-7-4-8-9(5-7)13(15)17-11(8)10/h7-11H,2-5H2,1H3. The highest BCUT2D eigenvalue weighted by molar-refractivity contribution is 5.88. The molecule has 0 aromatic heterocycles. The third-order valence-electron chi connectivity index (χ3n) is 4.37. The Bertz CT molecular complexity index is 400. The first-order chi connectivity index (χ1) is 8.11. The van der Waals surface area contributed by atoms with E-state index in [2.05, 4.69) is 6.58 Å². The molecule has 17 heavy (non-hydrogen) atoms. The average molecular weight is 236 g/mol. The Hall–Kier alpha value is -1.32. The summed E-state index contributed by atoms with van der Waals surface area (Å²) in [5.41, 5.74) is 0.480. The van der Waals surface area contributed by atoms with Crippen molar-refractivity contribution in [3.63, 3.8) is 0 Å². The van der Waals surface area contributed by atoms with Crippen LogP contribution in [0.25, 0.3) is 0 Å². The van der Waals surface area contributed by atoms with Gasteiger partial charge < -0.3 is 9.47 Å².